The largest absolute Gasteiger partial charge is 0.482 e. The van der Waals surface area contributed by atoms with Crippen molar-refractivity contribution in [2.24, 2.45) is 5.92 Å². The average molecular weight is 759 g/mol. The van der Waals surface area contributed by atoms with Crippen molar-refractivity contribution in [3.8, 4) is 39.5 Å². The molecule has 0 bridgehead atoms. The molecule has 0 radical (unpaired) electrons. The van der Waals surface area contributed by atoms with Crippen LogP contribution in [0.2, 0.25) is 0 Å². The smallest absolute Gasteiger partial charge is 0.161 e. The number of hydrogen-bond acceptors (Lipinski definition) is 4. The molecule has 0 amide bonds. The van der Waals surface area contributed by atoms with Crippen molar-refractivity contribution < 1.29 is 4.74 Å². The summed E-state index contributed by atoms with van der Waals surface area (Å²) in [5.74, 6) is 1.70. The van der Waals surface area contributed by atoms with Crippen LogP contribution in [0.15, 0.2) is 182 Å². The topological polar surface area (TPSA) is 35.0 Å². The summed E-state index contributed by atoms with van der Waals surface area (Å²) in [6.45, 7) is 2.25. The number of ether oxygens (including phenoxy) is 1. The Kier molecular flexibility index (Phi) is 6.44. The van der Waals surface area contributed by atoms with E-state index in [1.807, 2.05) is 0 Å². The molecule has 8 aromatic carbocycles. The highest BCUT2D eigenvalue weighted by Gasteiger charge is 2.59. The number of aromatic nitrogens is 2. The molecule has 13 rings (SSSR count). The standard InChI is InChI=1S/C54H34N2OS/c1-53-29-13-12-24-47(53)54(43-21-9-10-22-45(43)57-53)42-27-26-34(31-41(42)48-36-17-5-2-14-32(36)25-28-44(48)54)49-51-50(39-20-8-11-23-46(39)58-51)56-52(55-49)40-30-33-15-3-4-16-35(33)37-18-6-7-19-38(37)40/h2-31,47H,1H3/t47?,53-,54?/m1/s1. The predicted octanol–water partition coefficient (Wildman–Crippen LogP) is 13.8. The molecular weight excluding hydrogens is 725 g/mol. The number of thiophene rings is 1. The molecule has 3 nitrogen and oxygen atoms in total. The third-order valence-electron chi connectivity index (χ3n) is 13.1. The number of allylic oxidation sites excluding steroid dienone is 2. The van der Waals surface area contributed by atoms with Crippen LogP contribution < -0.4 is 4.74 Å². The Morgan fingerprint density at radius 2 is 1.29 bits per heavy atom. The zero-order chi connectivity index (χ0) is 38.2. The van der Waals surface area contributed by atoms with Gasteiger partial charge >= 0.3 is 0 Å². The third-order valence-corrected chi connectivity index (χ3v) is 14.3. The second-order valence-electron chi connectivity index (χ2n) is 16.1. The van der Waals surface area contributed by atoms with Gasteiger partial charge in [0.05, 0.1) is 21.3 Å². The van der Waals surface area contributed by atoms with E-state index in [0.717, 1.165) is 49.4 Å². The van der Waals surface area contributed by atoms with Crippen LogP contribution in [-0.2, 0) is 5.41 Å². The van der Waals surface area contributed by atoms with Crippen LogP contribution in [0.3, 0.4) is 0 Å². The summed E-state index contributed by atoms with van der Waals surface area (Å²) in [6, 6.07) is 57.6. The zero-order valence-electron chi connectivity index (χ0n) is 31.6. The molecule has 0 saturated heterocycles. The lowest BCUT2D eigenvalue weighted by molar-refractivity contribution is 0.0472. The quantitative estimate of drug-likeness (QED) is 0.165. The first-order chi connectivity index (χ1) is 28.6. The van der Waals surface area contributed by atoms with Crippen LogP contribution in [0.4, 0.5) is 0 Å². The monoisotopic (exact) mass is 758 g/mol. The summed E-state index contributed by atoms with van der Waals surface area (Å²) in [7, 11) is 0. The third kappa shape index (κ3) is 4.17. The van der Waals surface area contributed by atoms with Gasteiger partial charge in [0.25, 0.3) is 0 Å². The van der Waals surface area contributed by atoms with Gasteiger partial charge in [-0.2, -0.15) is 0 Å². The fourth-order valence-electron chi connectivity index (χ4n) is 10.7. The van der Waals surface area contributed by atoms with Gasteiger partial charge in [0.15, 0.2) is 5.82 Å². The minimum absolute atomic E-state index is 0.0213. The van der Waals surface area contributed by atoms with Gasteiger partial charge in [-0.15, -0.1) is 11.3 Å². The maximum atomic E-state index is 6.96. The average Bonchev–Trinajstić information content (AvgIpc) is 3.79. The maximum absolute atomic E-state index is 6.96. The summed E-state index contributed by atoms with van der Waals surface area (Å²) in [6.07, 6.45) is 8.97. The molecule has 1 spiro atoms. The van der Waals surface area contributed by atoms with E-state index in [2.05, 4.69) is 189 Å². The molecule has 0 N–H and O–H groups in total. The second-order valence-corrected chi connectivity index (χ2v) is 17.2. The van der Waals surface area contributed by atoms with E-state index >= 15 is 0 Å². The van der Waals surface area contributed by atoms with Crippen LogP contribution >= 0.6 is 11.3 Å². The van der Waals surface area contributed by atoms with Crippen molar-refractivity contribution in [3.63, 3.8) is 0 Å². The number of fused-ring (bicyclic) bond motifs is 17. The first-order valence-electron chi connectivity index (χ1n) is 20.0. The van der Waals surface area contributed by atoms with Gasteiger partial charge in [0.2, 0.25) is 0 Å². The van der Waals surface area contributed by atoms with Gasteiger partial charge < -0.3 is 4.74 Å². The van der Waals surface area contributed by atoms with Crippen LogP contribution in [0, 0.1) is 5.92 Å². The zero-order valence-corrected chi connectivity index (χ0v) is 32.4. The highest BCUT2D eigenvalue weighted by atomic mass is 32.1. The lowest BCUT2D eigenvalue weighted by Gasteiger charge is -2.52. The van der Waals surface area contributed by atoms with E-state index in [9.17, 15) is 0 Å². The van der Waals surface area contributed by atoms with Gasteiger partial charge in [0, 0.05) is 32.7 Å². The summed E-state index contributed by atoms with van der Waals surface area (Å²) in [4.78, 5) is 11.1. The van der Waals surface area contributed by atoms with Crippen LogP contribution in [0.25, 0.3) is 86.4 Å². The van der Waals surface area contributed by atoms with E-state index in [0.29, 0.717) is 0 Å². The van der Waals surface area contributed by atoms with E-state index in [-0.39, 0.29) is 5.92 Å². The Bertz CT molecular complexity index is 3490. The summed E-state index contributed by atoms with van der Waals surface area (Å²) >= 11 is 1.78. The van der Waals surface area contributed by atoms with Crippen molar-refractivity contribution in [1.82, 2.24) is 9.97 Å². The van der Waals surface area contributed by atoms with E-state index in [4.69, 9.17) is 14.7 Å². The van der Waals surface area contributed by atoms with Crippen LogP contribution in [0.5, 0.6) is 5.75 Å². The molecule has 4 heteroatoms. The minimum Gasteiger partial charge on any atom is -0.482 e. The van der Waals surface area contributed by atoms with Crippen LogP contribution in [-0.4, -0.2) is 15.6 Å². The fourth-order valence-corrected chi connectivity index (χ4v) is 11.9. The number of benzene rings is 8. The van der Waals surface area contributed by atoms with Crippen molar-refractivity contribution in [2.45, 2.75) is 17.9 Å². The molecule has 2 aromatic heterocycles. The molecule has 2 unspecified atom stereocenters. The molecule has 1 aliphatic heterocycles. The Labute approximate surface area is 339 Å². The molecule has 0 fully saturated rings. The molecule has 3 aliphatic rings. The van der Waals surface area contributed by atoms with E-state index in [1.54, 1.807) is 11.3 Å². The fraction of sp³-hybridized carbons (Fsp3) is 0.0741. The molecule has 10 aromatic rings. The highest BCUT2D eigenvalue weighted by molar-refractivity contribution is 7.26. The maximum Gasteiger partial charge on any atom is 0.161 e. The highest BCUT2D eigenvalue weighted by Crippen LogP contribution is 2.65. The van der Waals surface area contributed by atoms with E-state index < -0.39 is 11.0 Å². The van der Waals surface area contributed by atoms with Crippen molar-refractivity contribution in [2.75, 3.05) is 0 Å². The Hall–Kier alpha value is -6.88. The molecule has 0 saturated carbocycles. The van der Waals surface area contributed by atoms with Crippen molar-refractivity contribution in [1.29, 1.82) is 0 Å². The molecule has 3 atom stereocenters. The SMILES string of the molecule is C[C@@]12C=CC=CC1C1(c3ccccc3O2)c2ccc(-c3nc(-c4cc5ccccc5c5ccccc45)nc4c3sc3ccccc34)cc2-c2c1ccc1ccccc21. The van der Waals surface area contributed by atoms with Crippen molar-refractivity contribution >= 4 is 64.0 Å². The van der Waals surface area contributed by atoms with Gasteiger partial charge in [-0.25, -0.2) is 9.97 Å². The van der Waals surface area contributed by atoms with Gasteiger partial charge in [0.1, 0.15) is 11.4 Å². The Morgan fingerprint density at radius 1 is 0.569 bits per heavy atom. The second kappa shape index (κ2) is 11.6. The Balaban J connectivity index is 1.13. The minimum atomic E-state index is -0.542. The normalized spacial score (nSPS) is 20.1. The number of para-hydroxylation sites is 1. The molecule has 272 valence electrons. The molecule has 58 heavy (non-hydrogen) atoms. The summed E-state index contributed by atoms with van der Waals surface area (Å²) < 4.78 is 9.27. The van der Waals surface area contributed by atoms with Crippen LogP contribution in [0.1, 0.15) is 23.6 Å². The summed E-state index contributed by atoms with van der Waals surface area (Å²) in [5, 5.41) is 8.42. The first kappa shape index (κ1) is 32.2. The first-order valence-corrected chi connectivity index (χ1v) is 20.8. The lowest BCUT2D eigenvalue weighted by Crippen LogP contribution is -2.54. The van der Waals surface area contributed by atoms with Gasteiger partial charge in [-0.3, -0.25) is 0 Å². The number of nitrogens with zero attached hydrogens (tertiary/aromatic N) is 2. The van der Waals surface area contributed by atoms with Gasteiger partial charge in [-0.1, -0.05) is 152 Å². The molecule has 2 aliphatic carbocycles. The predicted molar refractivity (Wildman–Crippen MR) is 241 cm³/mol. The summed E-state index contributed by atoms with van der Waals surface area (Å²) in [5.41, 5.74) is 9.43. The van der Waals surface area contributed by atoms with Gasteiger partial charge in [-0.05, 0) is 91.8 Å². The Morgan fingerprint density at radius 3 is 2.19 bits per heavy atom. The lowest BCUT2D eigenvalue weighted by atomic mass is 9.56. The molecular formula is C54H34N2OS. The van der Waals surface area contributed by atoms with Crippen molar-refractivity contribution in [3.05, 3.63) is 199 Å². The number of hydrogen-bond donors (Lipinski definition) is 0. The number of rotatable bonds is 2. The van der Waals surface area contributed by atoms with E-state index in [1.165, 1.54) is 59.4 Å². The molecule has 3 heterocycles.